The van der Waals surface area contributed by atoms with E-state index in [-0.39, 0.29) is 0 Å². The lowest BCUT2D eigenvalue weighted by atomic mass is 9.86. The van der Waals surface area contributed by atoms with Crippen molar-refractivity contribution in [1.82, 2.24) is 0 Å². The maximum atomic E-state index is 10.7. The highest BCUT2D eigenvalue weighted by Gasteiger charge is 2.45. The number of methoxy groups -OCH3 is 1. The van der Waals surface area contributed by atoms with Gasteiger partial charge in [0.15, 0.2) is 0 Å². The summed E-state index contributed by atoms with van der Waals surface area (Å²) >= 11 is 3.78. The van der Waals surface area contributed by atoms with E-state index in [0.29, 0.717) is 6.42 Å². The number of hydrogen-bond acceptors (Lipinski definition) is 6. The number of aliphatic hydroxyl groups excluding tert-OH is 4. The van der Waals surface area contributed by atoms with Gasteiger partial charge in [-0.15, -0.1) is 0 Å². The average molecular weight is 479 g/mol. The topological polar surface area (TPSA) is 99.4 Å². The zero-order valence-corrected chi connectivity index (χ0v) is 18.4. The minimum atomic E-state index is -1.38. The molecule has 2 aromatic carbocycles. The number of aliphatic hydroxyl groups is 4. The fourth-order valence-electron chi connectivity index (χ4n) is 4.54. The Bertz CT molecular complexity index is 898. The smallest absolute Gasteiger partial charge is 0.118 e. The van der Waals surface area contributed by atoms with Crippen molar-refractivity contribution >= 4 is 15.9 Å². The van der Waals surface area contributed by atoms with Crippen LogP contribution in [-0.2, 0) is 24.0 Å². The van der Waals surface area contributed by atoms with E-state index in [4.69, 9.17) is 9.47 Å². The van der Waals surface area contributed by atoms with E-state index in [2.05, 4.69) is 15.9 Å². The lowest BCUT2D eigenvalue weighted by molar-refractivity contribution is -0.231. The van der Waals surface area contributed by atoms with Gasteiger partial charge in [0.1, 0.15) is 36.3 Å². The summed E-state index contributed by atoms with van der Waals surface area (Å²) in [5.74, 6) is 0.800. The van der Waals surface area contributed by atoms with Crippen molar-refractivity contribution < 1.29 is 29.9 Å². The Kier molecular flexibility index (Phi) is 6.48. The summed E-state index contributed by atoms with van der Waals surface area (Å²) in [7, 11) is 1.64. The second-order valence-corrected chi connectivity index (χ2v) is 8.82. The van der Waals surface area contributed by atoms with Crippen molar-refractivity contribution in [2.24, 2.45) is 0 Å². The van der Waals surface area contributed by atoms with Gasteiger partial charge in [-0.05, 0) is 65.6 Å². The van der Waals surface area contributed by atoms with Gasteiger partial charge in [0.25, 0.3) is 0 Å². The van der Waals surface area contributed by atoms with Crippen molar-refractivity contribution in [2.75, 3.05) is 13.7 Å². The Morgan fingerprint density at radius 2 is 1.73 bits per heavy atom. The fourth-order valence-corrected chi connectivity index (χ4v) is 5.23. The lowest BCUT2D eigenvalue weighted by Gasteiger charge is -2.41. The molecule has 30 heavy (non-hydrogen) atoms. The van der Waals surface area contributed by atoms with Gasteiger partial charge in [-0.2, -0.15) is 0 Å². The third kappa shape index (κ3) is 3.90. The first-order valence-corrected chi connectivity index (χ1v) is 11.0. The molecule has 0 spiro atoms. The fraction of sp³-hybridized carbons (Fsp3) is 0.478. The molecule has 4 rings (SSSR count). The van der Waals surface area contributed by atoms with Crippen molar-refractivity contribution in [2.45, 2.75) is 56.2 Å². The van der Waals surface area contributed by atoms with Gasteiger partial charge in [-0.25, -0.2) is 0 Å². The molecule has 0 saturated carbocycles. The second-order valence-electron chi connectivity index (χ2n) is 8.02. The summed E-state index contributed by atoms with van der Waals surface area (Å²) < 4.78 is 12.2. The summed E-state index contributed by atoms with van der Waals surface area (Å²) in [6.07, 6.45) is -2.27. The first kappa shape index (κ1) is 21.7. The third-order valence-corrected chi connectivity index (χ3v) is 7.18. The minimum absolute atomic E-state index is 0.432. The monoisotopic (exact) mass is 478 g/mol. The summed E-state index contributed by atoms with van der Waals surface area (Å²) in [5, 5.41) is 40.6. The first-order valence-electron chi connectivity index (χ1n) is 10.2. The van der Waals surface area contributed by atoms with E-state index in [1.165, 1.54) is 5.56 Å². The largest absolute Gasteiger partial charge is 0.497 e. The van der Waals surface area contributed by atoms with Crippen molar-refractivity contribution in [3.8, 4) is 5.75 Å². The highest BCUT2D eigenvalue weighted by molar-refractivity contribution is 9.10. The van der Waals surface area contributed by atoms with Crippen LogP contribution in [0.3, 0.4) is 0 Å². The van der Waals surface area contributed by atoms with Gasteiger partial charge >= 0.3 is 0 Å². The van der Waals surface area contributed by atoms with Crippen LogP contribution in [0.5, 0.6) is 5.75 Å². The van der Waals surface area contributed by atoms with Crippen LogP contribution in [0.1, 0.15) is 40.3 Å². The van der Waals surface area contributed by atoms with Crippen LogP contribution in [0, 0.1) is 0 Å². The Hall–Kier alpha value is -1.48. The predicted molar refractivity (Wildman–Crippen MR) is 115 cm³/mol. The molecular weight excluding hydrogens is 452 g/mol. The Labute approximate surface area is 184 Å². The zero-order chi connectivity index (χ0) is 21.4. The van der Waals surface area contributed by atoms with Crippen LogP contribution in [0.15, 0.2) is 34.8 Å². The molecule has 2 aromatic rings. The number of ether oxygens (including phenoxy) is 2. The molecule has 1 heterocycles. The molecule has 7 heteroatoms. The standard InChI is InChI=1S/C23H27BrO6/c1-29-14-7-5-12(6-8-14)9-13-10-17(15-3-2-4-16(15)19(13)24)23-22(28)21(27)20(26)18(11-25)30-23/h5-8,10,18,20-23,25-28H,2-4,9,11H2,1H3/t18-,20-,21-,22-,23+/m1/s1. The van der Waals surface area contributed by atoms with Crippen molar-refractivity contribution in [1.29, 1.82) is 0 Å². The molecule has 1 fully saturated rings. The number of fused-ring (bicyclic) bond motifs is 1. The molecule has 5 atom stereocenters. The molecule has 0 unspecified atom stereocenters. The number of rotatable bonds is 5. The van der Waals surface area contributed by atoms with E-state index in [9.17, 15) is 20.4 Å². The second kappa shape index (κ2) is 8.94. The molecule has 1 aliphatic heterocycles. The third-order valence-electron chi connectivity index (χ3n) is 6.20. The average Bonchev–Trinajstić information content (AvgIpc) is 3.26. The zero-order valence-electron chi connectivity index (χ0n) is 16.8. The SMILES string of the molecule is COc1ccc(Cc2cc([C@@H]3O[C@H](CO)[C@@H](O)[C@@H](O)[C@H]3O)c3c(c2Br)CCC3)cc1. The van der Waals surface area contributed by atoms with E-state index in [0.717, 1.165) is 51.7 Å². The van der Waals surface area contributed by atoms with Gasteiger partial charge in [0.2, 0.25) is 0 Å². The molecule has 2 aliphatic rings. The van der Waals surface area contributed by atoms with Crippen molar-refractivity contribution in [3.63, 3.8) is 0 Å². The molecule has 4 N–H and O–H groups in total. The normalized spacial score (nSPS) is 28.4. The van der Waals surface area contributed by atoms with Gasteiger partial charge in [0.05, 0.1) is 13.7 Å². The molecule has 1 saturated heterocycles. The molecule has 0 radical (unpaired) electrons. The van der Waals surface area contributed by atoms with Gasteiger partial charge < -0.3 is 29.9 Å². The molecule has 0 amide bonds. The quantitative estimate of drug-likeness (QED) is 0.524. The number of benzene rings is 2. The van der Waals surface area contributed by atoms with Crippen LogP contribution in [0.2, 0.25) is 0 Å². The summed E-state index contributed by atoms with van der Waals surface area (Å²) in [4.78, 5) is 0. The summed E-state index contributed by atoms with van der Waals surface area (Å²) in [6, 6.07) is 9.91. The van der Waals surface area contributed by atoms with Gasteiger partial charge in [-0.1, -0.05) is 34.1 Å². The van der Waals surface area contributed by atoms with E-state index < -0.39 is 37.1 Å². The molecule has 0 aromatic heterocycles. The Balaban J connectivity index is 1.73. The lowest BCUT2D eigenvalue weighted by Crippen LogP contribution is -2.55. The van der Waals surface area contributed by atoms with Crippen LogP contribution in [-0.4, -0.2) is 58.6 Å². The molecular formula is C23H27BrO6. The maximum absolute atomic E-state index is 10.7. The number of hydrogen-bond donors (Lipinski definition) is 4. The van der Waals surface area contributed by atoms with Crippen LogP contribution in [0.25, 0.3) is 0 Å². The first-order chi connectivity index (χ1) is 14.4. The van der Waals surface area contributed by atoms with E-state index >= 15 is 0 Å². The minimum Gasteiger partial charge on any atom is -0.497 e. The highest BCUT2D eigenvalue weighted by atomic mass is 79.9. The Morgan fingerprint density at radius 3 is 2.40 bits per heavy atom. The van der Waals surface area contributed by atoms with E-state index in [1.807, 2.05) is 30.3 Å². The highest BCUT2D eigenvalue weighted by Crippen LogP contribution is 2.42. The maximum Gasteiger partial charge on any atom is 0.118 e. The van der Waals surface area contributed by atoms with Crippen LogP contribution in [0.4, 0.5) is 0 Å². The van der Waals surface area contributed by atoms with Crippen LogP contribution >= 0.6 is 15.9 Å². The summed E-state index contributed by atoms with van der Waals surface area (Å²) in [5.41, 5.74) is 5.32. The predicted octanol–water partition coefficient (Wildman–Crippen LogP) is 2.05. The Morgan fingerprint density at radius 1 is 1.03 bits per heavy atom. The molecule has 1 aliphatic carbocycles. The molecule has 0 bridgehead atoms. The van der Waals surface area contributed by atoms with Gasteiger partial charge in [0, 0.05) is 4.47 Å². The number of halogens is 1. The van der Waals surface area contributed by atoms with Gasteiger partial charge in [-0.3, -0.25) is 0 Å². The van der Waals surface area contributed by atoms with Crippen molar-refractivity contribution in [3.05, 3.63) is 62.6 Å². The van der Waals surface area contributed by atoms with E-state index in [1.54, 1.807) is 7.11 Å². The van der Waals surface area contributed by atoms with Crippen LogP contribution < -0.4 is 4.74 Å². The molecule has 162 valence electrons. The molecule has 6 nitrogen and oxygen atoms in total. The summed E-state index contributed by atoms with van der Waals surface area (Å²) in [6.45, 7) is -0.432.